The zero-order valence-corrected chi connectivity index (χ0v) is 6.21. The predicted octanol–water partition coefficient (Wildman–Crippen LogP) is 1.19. The molecule has 2 aromatic rings. The van der Waals surface area contributed by atoms with Crippen molar-refractivity contribution in [3.05, 3.63) is 29.8 Å². The fourth-order valence-electron chi connectivity index (χ4n) is 1.15. The molecule has 0 saturated heterocycles. The second kappa shape index (κ2) is 2.57. The first-order valence-corrected chi connectivity index (χ1v) is 3.53. The second-order valence-corrected chi connectivity index (χ2v) is 2.53. The van der Waals surface area contributed by atoms with Crippen LogP contribution in [-0.4, -0.2) is 15.1 Å². The van der Waals surface area contributed by atoms with Gasteiger partial charge >= 0.3 is 0 Å². The summed E-state index contributed by atoms with van der Waals surface area (Å²) in [6, 6.07) is 2.95. The maximum atomic E-state index is 13.1. The van der Waals surface area contributed by atoms with Crippen molar-refractivity contribution in [2.45, 2.75) is 6.61 Å². The number of rotatable bonds is 1. The number of nitrogens with zero attached hydrogens (tertiary/aromatic N) is 1. The monoisotopic (exact) mass is 166 g/mol. The Kier molecular flexibility index (Phi) is 1.55. The summed E-state index contributed by atoms with van der Waals surface area (Å²) in [7, 11) is 0. The average molecular weight is 166 g/mol. The molecule has 0 bridgehead atoms. The fraction of sp³-hybridized carbons (Fsp3) is 0.125. The molecule has 2 N–H and O–H groups in total. The van der Waals surface area contributed by atoms with Crippen LogP contribution in [0.3, 0.4) is 0 Å². The van der Waals surface area contributed by atoms with Crippen molar-refractivity contribution in [1.29, 1.82) is 0 Å². The van der Waals surface area contributed by atoms with Gasteiger partial charge in [0, 0.05) is 0 Å². The third-order valence-electron chi connectivity index (χ3n) is 1.72. The molecular weight excluding hydrogens is 159 g/mol. The summed E-state index contributed by atoms with van der Waals surface area (Å²) in [4.78, 5) is 6.55. The van der Waals surface area contributed by atoms with E-state index in [1.165, 1.54) is 12.4 Å². The standard InChI is InChI=1S/C8H7FN2O/c9-6-1-5(3-12)2-7-8(6)11-4-10-7/h1-2,4,12H,3H2,(H,10,11). The molecule has 0 spiro atoms. The van der Waals surface area contributed by atoms with E-state index in [4.69, 9.17) is 5.11 Å². The van der Waals surface area contributed by atoms with Crippen molar-refractivity contribution in [3.8, 4) is 0 Å². The molecule has 0 fully saturated rings. The minimum atomic E-state index is -0.405. The van der Waals surface area contributed by atoms with Crippen LogP contribution in [0.5, 0.6) is 0 Å². The van der Waals surface area contributed by atoms with Crippen LogP contribution < -0.4 is 0 Å². The summed E-state index contributed by atoms with van der Waals surface area (Å²) in [5, 5.41) is 8.76. The van der Waals surface area contributed by atoms with Crippen LogP contribution in [0, 0.1) is 5.82 Å². The molecule has 12 heavy (non-hydrogen) atoms. The van der Waals surface area contributed by atoms with Crippen molar-refractivity contribution in [3.63, 3.8) is 0 Å². The maximum Gasteiger partial charge on any atom is 0.151 e. The minimum absolute atomic E-state index is 0.161. The van der Waals surface area contributed by atoms with E-state index in [0.29, 0.717) is 16.6 Å². The molecule has 0 saturated carbocycles. The summed E-state index contributed by atoms with van der Waals surface area (Å²) >= 11 is 0. The van der Waals surface area contributed by atoms with Gasteiger partial charge in [-0.3, -0.25) is 0 Å². The molecular formula is C8H7FN2O. The van der Waals surface area contributed by atoms with Gasteiger partial charge in [-0.2, -0.15) is 0 Å². The normalized spacial score (nSPS) is 10.8. The predicted molar refractivity (Wildman–Crippen MR) is 42.0 cm³/mol. The number of imidazole rings is 1. The molecule has 0 aliphatic carbocycles. The van der Waals surface area contributed by atoms with Gasteiger partial charge in [0.25, 0.3) is 0 Å². The molecule has 0 aliphatic rings. The second-order valence-electron chi connectivity index (χ2n) is 2.53. The molecule has 4 heteroatoms. The third kappa shape index (κ3) is 0.967. The zero-order valence-electron chi connectivity index (χ0n) is 6.21. The number of halogens is 1. The number of hydrogen-bond donors (Lipinski definition) is 2. The van der Waals surface area contributed by atoms with Gasteiger partial charge in [0.05, 0.1) is 18.5 Å². The average Bonchev–Trinajstić information content (AvgIpc) is 2.52. The summed E-state index contributed by atoms with van der Waals surface area (Å²) < 4.78 is 13.1. The lowest BCUT2D eigenvalue weighted by Crippen LogP contribution is -1.86. The first-order chi connectivity index (χ1) is 5.81. The Morgan fingerprint density at radius 1 is 1.50 bits per heavy atom. The highest BCUT2D eigenvalue weighted by Crippen LogP contribution is 2.15. The zero-order chi connectivity index (χ0) is 8.55. The van der Waals surface area contributed by atoms with Gasteiger partial charge < -0.3 is 10.1 Å². The highest BCUT2D eigenvalue weighted by Gasteiger charge is 2.04. The summed E-state index contributed by atoms with van der Waals surface area (Å²) in [5.74, 6) is -0.405. The highest BCUT2D eigenvalue weighted by atomic mass is 19.1. The molecule has 1 heterocycles. The Hall–Kier alpha value is -1.42. The number of nitrogens with one attached hydrogen (secondary N) is 1. The van der Waals surface area contributed by atoms with E-state index in [0.717, 1.165) is 0 Å². The molecule has 1 aromatic carbocycles. The van der Waals surface area contributed by atoms with Crippen LogP contribution in [0.2, 0.25) is 0 Å². The SMILES string of the molecule is OCc1cc(F)c2nc[nH]c2c1. The van der Waals surface area contributed by atoms with Crippen molar-refractivity contribution in [1.82, 2.24) is 9.97 Å². The van der Waals surface area contributed by atoms with E-state index >= 15 is 0 Å². The van der Waals surface area contributed by atoms with Crippen molar-refractivity contribution in [2.24, 2.45) is 0 Å². The van der Waals surface area contributed by atoms with Gasteiger partial charge in [0.15, 0.2) is 5.82 Å². The Bertz CT molecular complexity index is 410. The van der Waals surface area contributed by atoms with Crippen molar-refractivity contribution in [2.75, 3.05) is 0 Å². The van der Waals surface area contributed by atoms with Crippen LogP contribution >= 0.6 is 0 Å². The Morgan fingerprint density at radius 3 is 3.08 bits per heavy atom. The van der Waals surface area contributed by atoms with Crippen LogP contribution in [0.25, 0.3) is 11.0 Å². The Labute approximate surface area is 67.9 Å². The van der Waals surface area contributed by atoms with Crippen LogP contribution in [0.15, 0.2) is 18.5 Å². The minimum Gasteiger partial charge on any atom is -0.392 e. The molecule has 3 nitrogen and oxygen atoms in total. The number of aromatic amines is 1. The molecule has 62 valence electrons. The van der Waals surface area contributed by atoms with E-state index in [-0.39, 0.29) is 6.61 Å². The molecule has 0 radical (unpaired) electrons. The number of fused-ring (bicyclic) bond motifs is 1. The lowest BCUT2D eigenvalue weighted by Gasteiger charge is -1.96. The van der Waals surface area contributed by atoms with Gasteiger partial charge in [-0.05, 0) is 17.7 Å². The van der Waals surface area contributed by atoms with E-state index in [2.05, 4.69) is 9.97 Å². The Morgan fingerprint density at radius 2 is 2.33 bits per heavy atom. The number of benzene rings is 1. The van der Waals surface area contributed by atoms with Crippen LogP contribution in [0.1, 0.15) is 5.56 Å². The van der Waals surface area contributed by atoms with Crippen LogP contribution in [-0.2, 0) is 6.61 Å². The molecule has 0 aliphatic heterocycles. The van der Waals surface area contributed by atoms with Crippen molar-refractivity contribution < 1.29 is 9.50 Å². The van der Waals surface area contributed by atoms with E-state index in [1.807, 2.05) is 0 Å². The maximum absolute atomic E-state index is 13.1. The summed E-state index contributed by atoms with van der Waals surface area (Å²) in [5.41, 5.74) is 1.47. The summed E-state index contributed by atoms with van der Waals surface area (Å²) in [6.45, 7) is -0.161. The topological polar surface area (TPSA) is 48.9 Å². The lowest BCUT2D eigenvalue weighted by atomic mass is 10.2. The number of hydrogen-bond acceptors (Lipinski definition) is 2. The van der Waals surface area contributed by atoms with Gasteiger partial charge in [-0.25, -0.2) is 9.37 Å². The molecule has 1 aromatic heterocycles. The first-order valence-electron chi connectivity index (χ1n) is 3.53. The van der Waals surface area contributed by atoms with E-state index < -0.39 is 5.82 Å². The molecule has 0 atom stereocenters. The quantitative estimate of drug-likeness (QED) is 0.668. The third-order valence-corrected chi connectivity index (χ3v) is 1.72. The highest BCUT2D eigenvalue weighted by molar-refractivity contribution is 5.75. The smallest absolute Gasteiger partial charge is 0.151 e. The fourth-order valence-corrected chi connectivity index (χ4v) is 1.15. The lowest BCUT2D eigenvalue weighted by molar-refractivity contribution is 0.281. The molecule has 2 rings (SSSR count). The van der Waals surface area contributed by atoms with E-state index in [9.17, 15) is 4.39 Å². The van der Waals surface area contributed by atoms with E-state index in [1.54, 1.807) is 6.07 Å². The van der Waals surface area contributed by atoms with Gasteiger partial charge in [0.2, 0.25) is 0 Å². The largest absolute Gasteiger partial charge is 0.392 e. The van der Waals surface area contributed by atoms with Gasteiger partial charge in [-0.15, -0.1) is 0 Å². The van der Waals surface area contributed by atoms with Gasteiger partial charge in [0.1, 0.15) is 5.52 Å². The first kappa shape index (κ1) is 7.24. The number of aliphatic hydroxyl groups is 1. The van der Waals surface area contributed by atoms with Crippen LogP contribution in [0.4, 0.5) is 4.39 Å². The van der Waals surface area contributed by atoms with Crippen molar-refractivity contribution >= 4 is 11.0 Å². The summed E-state index contributed by atoms with van der Waals surface area (Å²) in [6.07, 6.45) is 1.43. The van der Waals surface area contributed by atoms with Gasteiger partial charge in [-0.1, -0.05) is 0 Å². The number of aromatic nitrogens is 2. The Balaban J connectivity index is 2.75. The molecule has 0 amide bonds. The number of H-pyrrole nitrogens is 1. The number of aliphatic hydroxyl groups excluding tert-OH is 1. The molecule has 0 unspecified atom stereocenters.